The summed E-state index contributed by atoms with van der Waals surface area (Å²) in [5.41, 5.74) is 0.149. The Morgan fingerprint density at radius 1 is 1.25 bits per heavy atom. The van der Waals surface area contributed by atoms with Gasteiger partial charge in [0, 0.05) is 30.1 Å². The minimum absolute atomic E-state index is 0.129. The van der Waals surface area contributed by atoms with Crippen LogP contribution < -0.4 is 14.4 Å². The Bertz CT molecular complexity index is 900. The van der Waals surface area contributed by atoms with Gasteiger partial charge in [0.15, 0.2) is 11.5 Å². The molecule has 0 bridgehead atoms. The molecule has 1 aromatic heterocycles. The number of carboxylic acid groups (broad SMARTS) is 1. The molecule has 1 saturated heterocycles. The SMILES string of the molecule is COc1cc2nc(Cl)nc(N3CCC(N(C(=O)O)C(C)(C)C)C3)c2cc1OC. The largest absolute Gasteiger partial charge is 0.493 e. The number of hydrogen-bond acceptors (Lipinski definition) is 6. The van der Waals surface area contributed by atoms with Crippen molar-refractivity contribution in [2.45, 2.75) is 38.8 Å². The second kappa shape index (κ2) is 7.50. The third-order valence-electron chi connectivity index (χ3n) is 4.91. The minimum atomic E-state index is -0.920. The van der Waals surface area contributed by atoms with Gasteiger partial charge in [0.2, 0.25) is 5.28 Å². The molecule has 1 fully saturated rings. The maximum atomic E-state index is 11.8. The fourth-order valence-electron chi connectivity index (χ4n) is 3.79. The number of rotatable bonds is 4. The molecular formula is C19H25ClN4O4. The Balaban J connectivity index is 2.01. The van der Waals surface area contributed by atoms with Crippen molar-refractivity contribution in [2.24, 2.45) is 0 Å². The third kappa shape index (κ3) is 3.73. The minimum Gasteiger partial charge on any atom is -0.493 e. The van der Waals surface area contributed by atoms with Crippen molar-refractivity contribution in [3.8, 4) is 11.5 Å². The first-order valence-electron chi connectivity index (χ1n) is 9.02. The molecule has 1 amide bonds. The average Bonchev–Trinajstić information content (AvgIpc) is 3.07. The van der Waals surface area contributed by atoms with Crippen LogP contribution >= 0.6 is 11.6 Å². The lowest BCUT2D eigenvalue weighted by Crippen LogP contribution is -2.52. The highest BCUT2D eigenvalue weighted by atomic mass is 35.5. The maximum absolute atomic E-state index is 11.8. The molecule has 0 aliphatic carbocycles. The zero-order valence-corrected chi connectivity index (χ0v) is 17.4. The fraction of sp³-hybridized carbons (Fsp3) is 0.526. The number of carbonyl (C=O) groups is 1. The van der Waals surface area contributed by atoms with Gasteiger partial charge in [0.1, 0.15) is 5.82 Å². The molecule has 1 aromatic carbocycles. The molecule has 1 aliphatic rings. The van der Waals surface area contributed by atoms with E-state index in [2.05, 4.69) is 9.97 Å². The topological polar surface area (TPSA) is 88.0 Å². The first-order valence-corrected chi connectivity index (χ1v) is 9.40. The van der Waals surface area contributed by atoms with Crippen LogP contribution in [0.15, 0.2) is 12.1 Å². The highest BCUT2D eigenvalue weighted by molar-refractivity contribution is 6.28. The number of nitrogens with zero attached hydrogens (tertiary/aromatic N) is 4. The molecule has 152 valence electrons. The smallest absolute Gasteiger partial charge is 0.408 e. The molecule has 0 spiro atoms. The van der Waals surface area contributed by atoms with Gasteiger partial charge < -0.3 is 19.5 Å². The van der Waals surface area contributed by atoms with Crippen LogP contribution in [0.5, 0.6) is 11.5 Å². The molecule has 1 aliphatic heterocycles. The number of methoxy groups -OCH3 is 2. The zero-order chi connectivity index (χ0) is 20.6. The number of amides is 1. The van der Waals surface area contributed by atoms with Gasteiger partial charge in [-0.3, -0.25) is 4.90 Å². The zero-order valence-electron chi connectivity index (χ0n) is 16.7. The first kappa shape index (κ1) is 20.3. The second-order valence-electron chi connectivity index (χ2n) is 7.75. The number of halogens is 1. The fourth-order valence-corrected chi connectivity index (χ4v) is 3.96. The van der Waals surface area contributed by atoms with Gasteiger partial charge >= 0.3 is 6.09 Å². The highest BCUT2D eigenvalue weighted by Gasteiger charge is 2.38. The van der Waals surface area contributed by atoms with Gasteiger partial charge in [-0.15, -0.1) is 0 Å². The highest BCUT2D eigenvalue weighted by Crippen LogP contribution is 2.37. The van der Waals surface area contributed by atoms with Crippen LogP contribution in [0, 0.1) is 0 Å². The number of anilines is 1. The molecule has 2 aromatic rings. The maximum Gasteiger partial charge on any atom is 0.408 e. The van der Waals surface area contributed by atoms with Crippen LogP contribution in [0.3, 0.4) is 0 Å². The van der Waals surface area contributed by atoms with E-state index in [4.69, 9.17) is 21.1 Å². The van der Waals surface area contributed by atoms with E-state index in [1.165, 1.54) is 4.90 Å². The molecule has 28 heavy (non-hydrogen) atoms. The van der Waals surface area contributed by atoms with Crippen LogP contribution in [-0.4, -0.2) is 65.0 Å². The van der Waals surface area contributed by atoms with Gasteiger partial charge in [-0.1, -0.05) is 0 Å². The summed E-state index contributed by atoms with van der Waals surface area (Å²) in [5.74, 6) is 1.79. The normalized spacial score (nSPS) is 17.1. The number of ether oxygens (including phenoxy) is 2. The summed E-state index contributed by atoms with van der Waals surface area (Å²) in [6.07, 6.45) is -0.212. The average molecular weight is 409 g/mol. The van der Waals surface area contributed by atoms with Crippen LogP contribution in [0.2, 0.25) is 5.28 Å². The number of aromatic nitrogens is 2. The summed E-state index contributed by atoms with van der Waals surface area (Å²) in [5, 5.41) is 10.6. The third-order valence-corrected chi connectivity index (χ3v) is 5.08. The summed E-state index contributed by atoms with van der Waals surface area (Å²) in [6.45, 7) is 6.90. The lowest BCUT2D eigenvalue weighted by molar-refractivity contribution is 0.0763. The van der Waals surface area contributed by atoms with E-state index >= 15 is 0 Å². The Hall–Kier alpha value is -2.48. The molecule has 1 atom stereocenters. The van der Waals surface area contributed by atoms with Crippen molar-refractivity contribution in [3.05, 3.63) is 17.4 Å². The monoisotopic (exact) mass is 408 g/mol. The van der Waals surface area contributed by atoms with E-state index in [1.807, 2.05) is 31.7 Å². The van der Waals surface area contributed by atoms with Crippen molar-refractivity contribution in [3.63, 3.8) is 0 Å². The lowest BCUT2D eigenvalue weighted by Gasteiger charge is -2.38. The van der Waals surface area contributed by atoms with Gasteiger partial charge in [-0.05, 0) is 44.9 Å². The predicted octanol–water partition coefficient (Wildman–Crippen LogP) is 3.66. The number of hydrogen-bond donors (Lipinski definition) is 1. The van der Waals surface area contributed by atoms with Gasteiger partial charge in [0.25, 0.3) is 0 Å². The van der Waals surface area contributed by atoms with Crippen molar-refractivity contribution < 1.29 is 19.4 Å². The quantitative estimate of drug-likeness (QED) is 0.772. The van der Waals surface area contributed by atoms with Crippen molar-refractivity contribution in [1.29, 1.82) is 0 Å². The molecule has 8 nitrogen and oxygen atoms in total. The number of benzene rings is 1. The van der Waals surface area contributed by atoms with Gasteiger partial charge in [-0.2, -0.15) is 4.98 Å². The van der Waals surface area contributed by atoms with Crippen LogP contribution in [0.25, 0.3) is 10.9 Å². The summed E-state index contributed by atoms with van der Waals surface area (Å²) in [7, 11) is 3.13. The van der Waals surface area contributed by atoms with E-state index in [0.29, 0.717) is 42.3 Å². The Kier molecular flexibility index (Phi) is 5.43. The first-order chi connectivity index (χ1) is 13.2. The molecule has 2 heterocycles. The molecule has 0 radical (unpaired) electrons. The molecule has 3 rings (SSSR count). The predicted molar refractivity (Wildman–Crippen MR) is 108 cm³/mol. The van der Waals surface area contributed by atoms with Crippen LogP contribution in [0.1, 0.15) is 27.2 Å². The lowest BCUT2D eigenvalue weighted by atomic mass is 10.0. The Morgan fingerprint density at radius 2 is 1.89 bits per heavy atom. The van der Waals surface area contributed by atoms with E-state index in [0.717, 1.165) is 5.39 Å². The molecule has 1 N–H and O–H groups in total. The summed E-state index contributed by atoms with van der Waals surface area (Å²) < 4.78 is 10.8. The van der Waals surface area contributed by atoms with Gasteiger partial charge in [-0.25, -0.2) is 9.78 Å². The summed E-state index contributed by atoms with van der Waals surface area (Å²) in [4.78, 5) is 24.1. The summed E-state index contributed by atoms with van der Waals surface area (Å²) >= 11 is 6.17. The second-order valence-corrected chi connectivity index (χ2v) is 8.09. The Labute approximate surface area is 169 Å². The van der Waals surface area contributed by atoms with Crippen molar-refractivity contribution >= 4 is 34.4 Å². The van der Waals surface area contributed by atoms with Crippen LogP contribution in [0.4, 0.5) is 10.6 Å². The standard InChI is InChI=1S/C19H25ClN4O4/c1-19(2,3)24(18(25)26)11-6-7-23(10-11)16-12-8-14(27-4)15(28-5)9-13(12)21-17(20)22-16/h8-9,11H,6-7,10H2,1-5H3,(H,25,26). The molecule has 1 unspecified atom stereocenters. The Morgan fingerprint density at radius 3 is 2.46 bits per heavy atom. The van der Waals surface area contributed by atoms with Crippen molar-refractivity contribution in [1.82, 2.24) is 14.9 Å². The molecule has 0 saturated carbocycles. The van der Waals surface area contributed by atoms with Crippen molar-refractivity contribution in [2.75, 3.05) is 32.2 Å². The van der Waals surface area contributed by atoms with Crippen LogP contribution in [-0.2, 0) is 0 Å². The molecule has 9 heteroatoms. The van der Waals surface area contributed by atoms with E-state index in [-0.39, 0.29) is 11.3 Å². The number of fused-ring (bicyclic) bond motifs is 1. The summed E-state index contributed by atoms with van der Waals surface area (Å²) in [6, 6.07) is 3.45. The van der Waals surface area contributed by atoms with E-state index < -0.39 is 11.6 Å². The van der Waals surface area contributed by atoms with E-state index in [1.54, 1.807) is 20.3 Å². The van der Waals surface area contributed by atoms with E-state index in [9.17, 15) is 9.90 Å². The van der Waals surface area contributed by atoms with Gasteiger partial charge in [0.05, 0.1) is 25.8 Å². The molecular weight excluding hydrogens is 384 g/mol.